The number of carbonyl (C=O) groups is 1. The number of carboxylic acid groups (broad SMARTS) is 1. The molecule has 4 rings (SSSR count). The molecule has 5 atom stereocenters. The normalized spacial score (nSPS) is 28.5. The lowest BCUT2D eigenvalue weighted by molar-refractivity contribution is -0.384. The van der Waals surface area contributed by atoms with Crippen LogP contribution in [0.5, 0.6) is 5.75 Å². The molecule has 0 saturated carbocycles. The molecule has 0 bridgehead atoms. The minimum atomic E-state index is -0.862. The van der Waals surface area contributed by atoms with Gasteiger partial charge in [0.05, 0.1) is 30.2 Å². The number of para-hydroxylation sites is 1. The van der Waals surface area contributed by atoms with Crippen molar-refractivity contribution in [3.8, 4) is 5.75 Å². The van der Waals surface area contributed by atoms with Crippen molar-refractivity contribution < 1.29 is 19.6 Å². The number of nitro benzene ring substituents is 1. The maximum atomic E-state index is 12.1. The topological polar surface area (TPSA) is 126 Å². The van der Waals surface area contributed by atoms with E-state index in [-0.39, 0.29) is 29.9 Å². The molecule has 9 nitrogen and oxygen atoms in total. The van der Waals surface area contributed by atoms with Gasteiger partial charge in [-0.2, -0.15) is 0 Å². The fourth-order valence-electron chi connectivity index (χ4n) is 4.42. The number of ether oxygens (including phenoxy) is 1. The lowest BCUT2D eigenvalue weighted by atomic mass is 9.74. The molecule has 5 unspecified atom stereocenters. The highest BCUT2D eigenvalue weighted by atomic mass is 16.6. The van der Waals surface area contributed by atoms with Crippen LogP contribution in [0.4, 0.5) is 5.69 Å². The number of aliphatic carboxylic acids is 1. The first-order valence-electron chi connectivity index (χ1n) is 9.36. The largest absolute Gasteiger partial charge is 0.496 e. The van der Waals surface area contributed by atoms with E-state index < -0.39 is 16.8 Å². The van der Waals surface area contributed by atoms with Crippen LogP contribution in [0.3, 0.4) is 0 Å². The van der Waals surface area contributed by atoms with Crippen molar-refractivity contribution in [2.45, 2.75) is 24.7 Å². The summed E-state index contributed by atoms with van der Waals surface area (Å²) in [5, 5.41) is 24.4. The van der Waals surface area contributed by atoms with Gasteiger partial charge in [-0.25, -0.2) is 10.9 Å². The van der Waals surface area contributed by atoms with Crippen LogP contribution in [-0.2, 0) is 4.79 Å². The molecule has 2 heterocycles. The summed E-state index contributed by atoms with van der Waals surface area (Å²) in [7, 11) is 1.60. The Labute approximate surface area is 167 Å². The van der Waals surface area contributed by atoms with Gasteiger partial charge in [0.25, 0.3) is 5.69 Å². The average molecular weight is 398 g/mol. The van der Waals surface area contributed by atoms with Gasteiger partial charge >= 0.3 is 5.97 Å². The third kappa shape index (κ3) is 3.55. The Morgan fingerprint density at radius 3 is 2.55 bits per heavy atom. The van der Waals surface area contributed by atoms with Crippen LogP contribution in [0.1, 0.15) is 29.6 Å². The van der Waals surface area contributed by atoms with Gasteiger partial charge < -0.3 is 9.84 Å². The van der Waals surface area contributed by atoms with E-state index in [1.165, 1.54) is 12.1 Å². The van der Waals surface area contributed by atoms with Crippen molar-refractivity contribution in [3.05, 3.63) is 69.8 Å². The van der Waals surface area contributed by atoms with Gasteiger partial charge in [0.1, 0.15) is 5.75 Å². The summed E-state index contributed by atoms with van der Waals surface area (Å²) in [5.74, 6) is -1.02. The fourth-order valence-corrected chi connectivity index (χ4v) is 4.42. The summed E-state index contributed by atoms with van der Waals surface area (Å²) in [6, 6.07) is 13.3. The Bertz CT molecular complexity index is 919. The zero-order valence-electron chi connectivity index (χ0n) is 15.7. The van der Waals surface area contributed by atoms with E-state index in [9.17, 15) is 20.0 Å². The number of piperidine rings is 1. The second-order valence-electron chi connectivity index (χ2n) is 7.31. The smallest absolute Gasteiger partial charge is 0.307 e. The molecule has 2 aliphatic rings. The Balaban J connectivity index is 1.62. The second-order valence-corrected chi connectivity index (χ2v) is 7.31. The van der Waals surface area contributed by atoms with Gasteiger partial charge in [0, 0.05) is 29.7 Å². The highest BCUT2D eigenvalue weighted by molar-refractivity contribution is 5.71. The number of hydrazine groups is 1. The molecule has 29 heavy (non-hydrogen) atoms. The van der Waals surface area contributed by atoms with E-state index in [0.29, 0.717) is 12.2 Å². The van der Waals surface area contributed by atoms with E-state index >= 15 is 0 Å². The third-order valence-electron chi connectivity index (χ3n) is 5.79. The molecule has 9 heteroatoms. The van der Waals surface area contributed by atoms with Crippen molar-refractivity contribution in [1.82, 2.24) is 16.2 Å². The minimum Gasteiger partial charge on any atom is -0.496 e. The molecule has 0 aromatic heterocycles. The lowest BCUT2D eigenvalue weighted by Gasteiger charge is -2.39. The summed E-state index contributed by atoms with van der Waals surface area (Å²) in [6.07, 6.45) is 0.129. The number of nitrogens with one attached hydrogen (secondary N) is 3. The Morgan fingerprint density at radius 1 is 1.17 bits per heavy atom. The highest BCUT2D eigenvalue weighted by Gasteiger charge is 2.49. The van der Waals surface area contributed by atoms with Crippen molar-refractivity contribution in [1.29, 1.82) is 0 Å². The molecule has 2 fully saturated rings. The monoisotopic (exact) mass is 398 g/mol. The first-order chi connectivity index (χ1) is 14.0. The number of methoxy groups -OCH3 is 1. The van der Waals surface area contributed by atoms with Crippen LogP contribution in [0.15, 0.2) is 48.5 Å². The van der Waals surface area contributed by atoms with Crippen molar-refractivity contribution in [3.63, 3.8) is 0 Å². The van der Waals surface area contributed by atoms with Gasteiger partial charge in [0.2, 0.25) is 0 Å². The van der Waals surface area contributed by atoms with Crippen LogP contribution in [0, 0.1) is 22.0 Å². The molecule has 2 aromatic rings. The number of hydrogen-bond donors (Lipinski definition) is 4. The maximum Gasteiger partial charge on any atom is 0.307 e. The Kier molecular flexibility index (Phi) is 5.18. The summed E-state index contributed by atoms with van der Waals surface area (Å²) in [5.41, 5.74) is 8.07. The van der Waals surface area contributed by atoms with E-state index in [0.717, 1.165) is 11.1 Å². The fraction of sp³-hybridized carbons (Fsp3) is 0.350. The van der Waals surface area contributed by atoms with Crippen LogP contribution >= 0.6 is 0 Å². The molecule has 0 amide bonds. The number of rotatable bonds is 5. The third-order valence-corrected chi connectivity index (χ3v) is 5.79. The number of nitrogens with zero attached hydrogens (tertiary/aromatic N) is 1. The van der Waals surface area contributed by atoms with E-state index in [1.54, 1.807) is 19.2 Å². The van der Waals surface area contributed by atoms with Gasteiger partial charge in [-0.05, 0) is 18.1 Å². The second kappa shape index (κ2) is 7.78. The molecule has 4 N–H and O–H groups in total. The molecule has 0 aliphatic carbocycles. The van der Waals surface area contributed by atoms with Gasteiger partial charge in [0.15, 0.2) is 0 Å². The van der Waals surface area contributed by atoms with Crippen LogP contribution < -0.4 is 20.9 Å². The van der Waals surface area contributed by atoms with Crippen LogP contribution in [0.25, 0.3) is 0 Å². The average Bonchev–Trinajstić information content (AvgIpc) is 3.17. The molecular weight excluding hydrogens is 376 g/mol. The van der Waals surface area contributed by atoms with E-state index in [2.05, 4.69) is 16.2 Å². The van der Waals surface area contributed by atoms with Gasteiger partial charge in [-0.15, -0.1) is 0 Å². The number of non-ortho nitro benzene ring substituents is 1. The number of carboxylic acids is 1. The highest BCUT2D eigenvalue weighted by Crippen LogP contribution is 2.43. The van der Waals surface area contributed by atoms with Crippen molar-refractivity contribution in [2.75, 3.05) is 7.11 Å². The van der Waals surface area contributed by atoms with Crippen LogP contribution in [0.2, 0.25) is 0 Å². The summed E-state index contributed by atoms with van der Waals surface area (Å²) < 4.78 is 5.45. The minimum absolute atomic E-state index is 0.00375. The standard InChI is InChI=1S/C20H22N4O5/c1-29-16-5-3-2-4-13(16)15-10-14(20(25)26)17-18(22-23-19(17)21-15)11-6-8-12(9-7-11)24(27)28/h2-9,14-15,17-19,21-23H,10H2,1H3,(H,25,26). The zero-order valence-corrected chi connectivity index (χ0v) is 15.7. The predicted octanol–water partition coefficient (Wildman–Crippen LogP) is 2.13. The molecule has 2 aliphatic heterocycles. The molecular formula is C20H22N4O5. The lowest BCUT2D eigenvalue weighted by Crippen LogP contribution is -2.53. The van der Waals surface area contributed by atoms with Crippen LogP contribution in [-0.4, -0.2) is 29.3 Å². The molecule has 2 aromatic carbocycles. The number of fused-ring (bicyclic) bond motifs is 1. The molecule has 0 spiro atoms. The van der Waals surface area contributed by atoms with E-state index in [4.69, 9.17) is 4.74 Å². The van der Waals surface area contributed by atoms with Crippen molar-refractivity contribution in [2.24, 2.45) is 11.8 Å². The maximum absolute atomic E-state index is 12.1. The summed E-state index contributed by atoms with van der Waals surface area (Å²) in [6.45, 7) is 0. The quantitative estimate of drug-likeness (QED) is 0.446. The van der Waals surface area contributed by atoms with E-state index in [1.807, 2.05) is 24.3 Å². The zero-order chi connectivity index (χ0) is 20.5. The van der Waals surface area contributed by atoms with Gasteiger partial charge in [-0.1, -0.05) is 30.3 Å². The van der Waals surface area contributed by atoms with Gasteiger partial charge in [-0.3, -0.25) is 20.2 Å². The number of hydrogen-bond acceptors (Lipinski definition) is 7. The predicted molar refractivity (Wildman–Crippen MR) is 104 cm³/mol. The van der Waals surface area contributed by atoms with Crippen molar-refractivity contribution >= 4 is 11.7 Å². The summed E-state index contributed by atoms with van der Waals surface area (Å²) in [4.78, 5) is 22.6. The molecule has 2 saturated heterocycles. The number of nitro groups is 1. The molecule has 0 radical (unpaired) electrons. The SMILES string of the molecule is COc1ccccc1C1CC(C(=O)O)C2C(NNC2c2ccc([N+](=O)[O-])cc2)N1. The first kappa shape index (κ1) is 19.3. The number of benzene rings is 2. The Hall–Kier alpha value is -3.01. The molecule has 152 valence electrons. The first-order valence-corrected chi connectivity index (χ1v) is 9.36. The summed E-state index contributed by atoms with van der Waals surface area (Å²) >= 11 is 0. The Morgan fingerprint density at radius 2 is 1.90 bits per heavy atom.